The van der Waals surface area contributed by atoms with Gasteiger partial charge in [-0.2, -0.15) is 0 Å². The molecule has 0 saturated heterocycles. The Kier molecular flexibility index (Phi) is 3.51. The van der Waals surface area contributed by atoms with Crippen molar-refractivity contribution >= 4 is 5.69 Å². The van der Waals surface area contributed by atoms with E-state index in [0.29, 0.717) is 6.61 Å². The van der Waals surface area contributed by atoms with Crippen molar-refractivity contribution in [1.82, 2.24) is 0 Å². The van der Waals surface area contributed by atoms with Crippen molar-refractivity contribution < 1.29 is 4.74 Å². The average molecular weight is 253 g/mol. The molecule has 0 spiro atoms. The van der Waals surface area contributed by atoms with E-state index in [1.54, 1.807) is 7.11 Å². The first-order valence-corrected chi connectivity index (χ1v) is 6.82. The van der Waals surface area contributed by atoms with E-state index in [0.717, 1.165) is 6.54 Å². The van der Waals surface area contributed by atoms with E-state index in [2.05, 4.69) is 47.8 Å². The van der Waals surface area contributed by atoms with Crippen LogP contribution in [0.3, 0.4) is 0 Å². The molecule has 0 fully saturated rings. The Morgan fingerprint density at radius 3 is 2.63 bits per heavy atom. The number of anilines is 1. The number of hydrogen-bond acceptors (Lipinski definition) is 2. The summed E-state index contributed by atoms with van der Waals surface area (Å²) >= 11 is 0. The van der Waals surface area contributed by atoms with Crippen LogP contribution in [0.4, 0.5) is 5.69 Å². The Morgan fingerprint density at radius 1 is 1.05 bits per heavy atom. The molecule has 19 heavy (non-hydrogen) atoms. The summed E-state index contributed by atoms with van der Waals surface area (Å²) < 4.78 is 5.14. The molecule has 2 aromatic rings. The maximum Gasteiger partial charge on any atom is 0.0713 e. The van der Waals surface area contributed by atoms with Crippen molar-refractivity contribution in [3.8, 4) is 11.1 Å². The lowest BCUT2D eigenvalue weighted by atomic mass is 9.97. The molecule has 0 aliphatic carbocycles. The smallest absolute Gasteiger partial charge is 0.0713 e. The average Bonchev–Trinajstić information content (AvgIpc) is 2.48. The lowest BCUT2D eigenvalue weighted by Gasteiger charge is -2.18. The molecule has 1 heterocycles. The standard InChI is InChI=1S/C17H19NO/c1-19-12-13-4-6-14(7-5-13)15-8-9-17-16(11-15)3-2-10-18-17/h4-9,11,18H,2-3,10,12H2,1H3. The monoisotopic (exact) mass is 253 g/mol. The minimum absolute atomic E-state index is 0.675. The molecule has 0 radical (unpaired) electrons. The molecular weight excluding hydrogens is 234 g/mol. The summed E-state index contributed by atoms with van der Waals surface area (Å²) in [4.78, 5) is 0. The van der Waals surface area contributed by atoms with E-state index in [-0.39, 0.29) is 0 Å². The van der Waals surface area contributed by atoms with Gasteiger partial charge in [0.25, 0.3) is 0 Å². The van der Waals surface area contributed by atoms with Gasteiger partial charge in [-0.15, -0.1) is 0 Å². The van der Waals surface area contributed by atoms with Gasteiger partial charge in [-0.3, -0.25) is 0 Å². The summed E-state index contributed by atoms with van der Waals surface area (Å²) in [6.07, 6.45) is 2.40. The Labute approximate surface area is 114 Å². The first-order chi connectivity index (χ1) is 9.36. The van der Waals surface area contributed by atoms with Gasteiger partial charge in [-0.25, -0.2) is 0 Å². The van der Waals surface area contributed by atoms with Gasteiger partial charge in [0, 0.05) is 19.3 Å². The molecule has 2 aromatic carbocycles. The number of rotatable bonds is 3. The summed E-state index contributed by atoms with van der Waals surface area (Å²) in [5.41, 5.74) is 6.52. The third kappa shape index (κ3) is 2.64. The van der Waals surface area contributed by atoms with Gasteiger partial charge < -0.3 is 10.1 Å². The van der Waals surface area contributed by atoms with Crippen molar-refractivity contribution in [2.45, 2.75) is 19.4 Å². The van der Waals surface area contributed by atoms with E-state index < -0.39 is 0 Å². The molecule has 1 aliphatic heterocycles. The van der Waals surface area contributed by atoms with Crippen molar-refractivity contribution in [3.63, 3.8) is 0 Å². The molecule has 1 aliphatic rings. The molecule has 2 nitrogen and oxygen atoms in total. The fraction of sp³-hybridized carbons (Fsp3) is 0.294. The Bertz CT molecular complexity index is 560. The zero-order chi connectivity index (χ0) is 13.1. The highest BCUT2D eigenvalue weighted by Gasteiger charge is 2.09. The normalized spacial score (nSPS) is 13.7. The summed E-state index contributed by atoms with van der Waals surface area (Å²) in [5.74, 6) is 0. The molecule has 98 valence electrons. The second-order valence-electron chi connectivity index (χ2n) is 5.03. The number of methoxy groups -OCH3 is 1. The maximum atomic E-state index is 5.14. The van der Waals surface area contributed by atoms with Gasteiger partial charge in [0.2, 0.25) is 0 Å². The highest BCUT2D eigenvalue weighted by molar-refractivity contribution is 5.69. The lowest BCUT2D eigenvalue weighted by molar-refractivity contribution is 0.185. The topological polar surface area (TPSA) is 21.3 Å². The van der Waals surface area contributed by atoms with Crippen LogP contribution in [0.2, 0.25) is 0 Å². The van der Waals surface area contributed by atoms with E-state index in [1.165, 1.54) is 40.8 Å². The third-order valence-corrected chi connectivity index (χ3v) is 3.64. The van der Waals surface area contributed by atoms with Crippen molar-refractivity contribution in [2.24, 2.45) is 0 Å². The second-order valence-corrected chi connectivity index (χ2v) is 5.03. The number of hydrogen-bond donors (Lipinski definition) is 1. The van der Waals surface area contributed by atoms with Gasteiger partial charge in [0.05, 0.1) is 6.61 Å². The molecule has 0 atom stereocenters. The van der Waals surface area contributed by atoms with Gasteiger partial charge >= 0.3 is 0 Å². The molecular formula is C17H19NO. The van der Waals surface area contributed by atoms with Crippen molar-refractivity contribution in [3.05, 3.63) is 53.6 Å². The highest BCUT2D eigenvalue weighted by Crippen LogP contribution is 2.28. The number of nitrogens with one attached hydrogen (secondary N) is 1. The van der Waals surface area contributed by atoms with Crippen molar-refractivity contribution in [2.75, 3.05) is 19.0 Å². The van der Waals surface area contributed by atoms with Gasteiger partial charge in [-0.1, -0.05) is 30.3 Å². The fourth-order valence-corrected chi connectivity index (χ4v) is 2.61. The van der Waals surface area contributed by atoms with Gasteiger partial charge in [0.1, 0.15) is 0 Å². The van der Waals surface area contributed by atoms with E-state index in [4.69, 9.17) is 4.74 Å². The third-order valence-electron chi connectivity index (χ3n) is 3.64. The van der Waals surface area contributed by atoms with E-state index in [1.807, 2.05) is 0 Å². The second kappa shape index (κ2) is 5.45. The summed E-state index contributed by atoms with van der Waals surface area (Å²) in [6, 6.07) is 15.3. The molecule has 0 bridgehead atoms. The summed E-state index contributed by atoms with van der Waals surface area (Å²) in [6.45, 7) is 1.77. The fourth-order valence-electron chi connectivity index (χ4n) is 2.61. The Balaban J connectivity index is 1.89. The predicted molar refractivity (Wildman–Crippen MR) is 79.4 cm³/mol. The number of aryl methyl sites for hydroxylation is 1. The lowest BCUT2D eigenvalue weighted by Crippen LogP contribution is -2.11. The molecule has 2 heteroatoms. The minimum Gasteiger partial charge on any atom is -0.385 e. The van der Waals surface area contributed by atoms with Crippen LogP contribution in [-0.4, -0.2) is 13.7 Å². The number of benzene rings is 2. The largest absolute Gasteiger partial charge is 0.385 e. The predicted octanol–water partition coefficient (Wildman–Crippen LogP) is 3.86. The number of ether oxygens (including phenoxy) is 1. The molecule has 0 aromatic heterocycles. The molecule has 0 amide bonds. The van der Waals surface area contributed by atoms with Crippen LogP contribution in [0.15, 0.2) is 42.5 Å². The van der Waals surface area contributed by atoms with Crippen LogP contribution in [0.5, 0.6) is 0 Å². The van der Waals surface area contributed by atoms with Crippen LogP contribution in [0.1, 0.15) is 17.5 Å². The zero-order valence-electron chi connectivity index (χ0n) is 11.3. The van der Waals surface area contributed by atoms with Crippen LogP contribution in [0, 0.1) is 0 Å². The maximum absolute atomic E-state index is 5.14. The highest BCUT2D eigenvalue weighted by atomic mass is 16.5. The van der Waals surface area contributed by atoms with E-state index in [9.17, 15) is 0 Å². The summed E-state index contributed by atoms with van der Waals surface area (Å²) in [5, 5.41) is 3.45. The Morgan fingerprint density at radius 2 is 1.84 bits per heavy atom. The molecule has 0 unspecified atom stereocenters. The zero-order valence-corrected chi connectivity index (χ0v) is 11.3. The van der Waals surface area contributed by atoms with E-state index >= 15 is 0 Å². The Hall–Kier alpha value is -1.80. The van der Waals surface area contributed by atoms with Crippen LogP contribution in [0.25, 0.3) is 11.1 Å². The quantitative estimate of drug-likeness (QED) is 0.897. The van der Waals surface area contributed by atoms with Gasteiger partial charge in [0.15, 0.2) is 0 Å². The minimum atomic E-state index is 0.675. The molecule has 3 rings (SSSR count). The van der Waals surface area contributed by atoms with Crippen LogP contribution in [-0.2, 0) is 17.8 Å². The molecule has 0 saturated carbocycles. The molecule has 1 N–H and O–H groups in total. The summed E-state index contributed by atoms with van der Waals surface area (Å²) in [7, 11) is 1.73. The number of fused-ring (bicyclic) bond motifs is 1. The first kappa shape index (κ1) is 12.2. The van der Waals surface area contributed by atoms with Crippen LogP contribution < -0.4 is 5.32 Å². The van der Waals surface area contributed by atoms with Crippen molar-refractivity contribution in [1.29, 1.82) is 0 Å². The SMILES string of the molecule is COCc1ccc(-c2ccc3c(c2)CCCN3)cc1. The van der Waals surface area contributed by atoms with Crippen LogP contribution >= 0.6 is 0 Å². The first-order valence-electron chi connectivity index (χ1n) is 6.82. The van der Waals surface area contributed by atoms with Gasteiger partial charge in [-0.05, 0) is 47.2 Å².